The zero-order valence-electron chi connectivity index (χ0n) is 9.76. The lowest BCUT2D eigenvalue weighted by Crippen LogP contribution is -1.96. The van der Waals surface area contributed by atoms with Crippen LogP contribution in [0, 0.1) is 0 Å². The van der Waals surface area contributed by atoms with Crippen LogP contribution < -0.4 is 10.5 Å². The third-order valence-electron chi connectivity index (χ3n) is 2.34. The SMILES string of the molecule is CCCc1cc(Oc2ccccc2N)ncn1. The van der Waals surface area contributed by atoms with Gasteiger partial charge in [0.15, 0.2) is 5.75 Å². The summed E-state index contributed by atoms with van der Waals surface area (Å²) in [4.78, 5) is 8.24. The monoisotopic (exact) mass is 229 g/mol. The number of ether oxygens (including phenoxy) is 1. The largest absolute Gasteiger partial charge is 0.437 e. The maximum absolute atomic E-state index is 5.80. The molecule has 1 heterocycles. The van der Waals surface area contributed by atoms with E-state index < -0.39 is 0 Å². The van der Waals surface area contributed by atoms with Gasteiger partial charge in [-0.15, -0.1) is 0 Å². The van der Waals surface area contributed by atoms with Crippen molar-refractivity contribution < 1.29 is 4.74 Å². The van der Waals surface area contributed by atoms with Crippen molar-refractivity contribution in [1.82, 2.24) is 9.97 Å². The molecular weight excluding hydrogens is 214 g/mol. The van der Waals surface area contributed by atoms with Crippen molar-refractivity contribution in [2.75, 3.05) is 5.73 Å². The van der Waals surface area contributed by atoms with E-state index in [0.717, 1.165) is 18.5 Å². The van der Waals surface area contributed by atoms with Crippen LogP contribution in [-0.2, 0) is 6.42 Å². The second kappa shape index (κ2) is 5.30. The summed E-state index contributed by atoms with van der Waals surface area (Å²) in [7, 11) is 0. The minimum absolute atomic E-state index is 0.529. The zero-order chi connectivity index (χ0) is 12.1. The molecule has 0 spiro atoms. The summed E-state index contributed by atoms with van der Waals surface area (Å²) in [6, 6.07) is 9.20. The van der Waals surface area contributed by atoms with Gasteiger partial charge >= 0.3 is 0 Å². The van der Waals surface area contributed by atoms with Gasteiger partial charge in [-0.1, -0.05) is 25.5 Å². The number of para-hydroxylation sites is 2. The Morgan fingerprint density at radius 1 is 1.24 bits per heavy atom. The van der Waals surface area contributed by atoms with Crippen LogP contribution in [0.15, 0.2) is 36.7 Å². The van der Waals surface area contributed by atoms with Gasteiger partial charge in [-0.05, 0) is 18.6 Å². The Balaban J connectivity index is 2.18. The zero-order valence-corrected chi connectivity index (χ0v) is 9.76. The molecule has 0 fully saturated rings. The first-order valence-electron chi connectivity index (χ1n) is 5.63. The minimum atomic E-state index is 0.529. The van der Waals surface area contributed by atoms with Crippen LogP contribution in [0.5, 0.6) is 11.6 Å². The van der Waals surface area contributed by atoms with Gasteiger partial charge in [-0.2, -0.15) is 0 Å². The molecule has 4 nitrogen and oxygen atoms in total. The van der Waals surface area contributed by atoms with Crippen LogP contribution in [0.1, 0.15) is 19.0 Å². The fourth-order valence-electron chi connectivity index (χ4n) is 1.51. The van der Waals surface area contributed by atoms with Crippen LogP contribution in [0.25, 0.3) is 0 Å². The van der Waals surface area contributed by atoms with Crippen molar-refractivity contribution in [3.05, 3.63) is 42.4 Å². The number of rotatable bonds is 4. The summed E-state index contributed by atoms with van der Waals surface area (Å²) < 4.78 is 5.62. The Hall–Kier alpha value is -2.10. The standard InChI is InChI=1S/C13H15N3O/c1-2-5-10-8-13(16-9-15-10)17-12-7-4-3-6-11(12)14/h3-4,6-9H,2,5,14H2,1H3. The van der Waals surface area contributed by atoms with Crippen molar-refractivity contribution in [3.8, 4) is 11.6 Å². The van der Waals surface area contributed by atoms with Gasteiger partial charge in [0, 0.05) is 11.8 Å². The predicted octanol–water partition coefficient (Wildman–Crippen LogP) is 2.80. The topological polar surface area (TPSA) is 61.0 Å². The van der Waals surface area contributed by atoms with E-state index in [0.29, 0.717) is 17.3 Å². The van der Waals surface area contributed by atoms with E-state index in [2.05, 4.69) is 16.9 Å². The van der Waals surface area contributed by atoms with E-state index >= 15 is 0 Å². The van der Waals surface area contributed by atoms with E-state index in [1.54, 1.807) is 6.07 Å². The summed E-state index contributed by atoms with van der Waals surface area (Å²) >= 11 is 0. The lowest BCUT2D eigenvalue weighted by molar-refractivity contribution is 0.462. The summed E-state index contributed by atoms with van der Waals surface area (Å²) in [6.07, 6.45) is 3.48. The van der Waals surface area contributed by atoms with Crippen molar-refractivity contribution in [2.45, 2.75) is 19.8 Å². The second-order valence-electron chi connectivity index (χ2n) is 3.74. The summed E-state index contributed by atoms with van der Waals surface area (Å²) in [6.45, 7) is 2.11. The molecule has 88 valence electrons. The number of nitrogens with two attached hydrogens (primary N) is 1. The molecule has 1 aromatic heterocycles. The van der Waals surface area contributed by atoms with E-state index in [9.17, 15) is 0 Å². The number of benzene rings is 1. The Bertz CT molecular complexity index is 500. The third kappa shape index (κ3) is 2.93. The smallest absolute Gasteiger partial charge is 0.222 e. The van der Waals surface area contributed by atoms with E-state index in [4.69, 9.17) is 10.5 Å². The highest BCUT2D eigenvalue weighted by molar-refractivity contribution is 5.52. The third-order valence-corrected chi connectivity index (χ3v) is 2.34. The lowest BCUT2D eigenvalue weighted by atomic mass is 10.2. The number of hydrogen-bond acceptors (Lipinski definition) is 4. The predicted molar refractivity (Wildman–Crippen MR) is 67.0 cm³/mol. The van der Waals surface area contributed by atoms with Crippen molar-refractivity contribution in [1.29, 1.82) is 0 Å². The first-order valence-corrected chi connectivity index (χ1v) is 5.63. The van der Waals surface area contributed by atoms with Gasteiger partial charge in [0.25, 0.3) is 0 Å². The minimum Gasteiger partial charge on any atom is -0.437 e. The Kier molecular flexibility index (Phi) is 3.55. The fraction of sp³-hybridized carbons (Fsp3) is 0.231. The number of hydrogen-bond donors (Lipinski definition) is 1. The van der Waals surface area contributed by atoms with Crippen LogP contribution in [0.2, 0.25) is 0 Å². The van der Waals surface area contributed by atoms with Crippen LogP contribution in [0.3, 0.4) is 0 Å². The van der Waals surface area contributed by atoms with Crippen LogP contribution in [-0.4, -0.2) is 9.97 Å². The lowest BCUT2D eigenvalue weighted by Gasteiger charge is -2.07. The molecule has 4 heteroatoms. The number of anilines is 1. The highest BCUT2D eigenvalue weighted by atomic mass is 16.5. The molecule has 17 heavy (non-hydrogen) atoms. The Morgan fingerprint density at radius 3 is 2.82 bits per heavy atom. The first-order chi connectivity index (χ1) is 8.29. The number of nitrogens with zero attached hydrogens (tertiary/aromatic N) is 2. The van der Waals surface area contributed by atoms with Crippen molar-refractivity contribution in [3.63, 3.8) is 0 Å². The van der Waals surface area contributed by atoms with Gasteiger partial charge in [0.2, 0.25) is 5.88 Å². The number of aromatic nitrogens is 2. The van der Waals surface area contributed by atoms with Crippen LogP contribution in [0.4, 0.5) is 5.69 Å². The molecule has 0 aliphatic heterocycles. The molecule has 0 aliphatic rings. The number of aryl methyl sites for hydroxylation is 1. The van der Waals surface area contributed by atoms with E-state index in [1.807, 2.05) is 24.3 Å². The molecule has 0 unspecified atom stereocenters. The normalized spacial score (nSPS) is 10.2. The maximum atomic E-state index is 5.80. The van der Waals surface area contributed by atoms with Crippen molar-refractivity contribution >= 4 is 5.69 Å². The molecule has 0 bridgehead atoms. The molecule has 2 aromatic rings. The molecule has 0 aliphatic carbocycles. The quantitative estimate of drug-likeness (QED) is 0.819. The molecule has 0 radical (unpaired) electrons. The van der Waals surface area contributed by atoms with Gasteiger partial charge in [0.1, 0.15) is 6.33 Å². The fourth-order valence-corrected chi connectivity index (χ4v) is 1.51. The molecule has 0 saturated heterocycles. The molecule has 2 rings (SSSR count). The Labute approximate surface area is 100 Å². The molecule has 2 N–H and O–H groups in total. The average molecular weight is 229 g/mol. The van der Waals surface area contributed by atoms with Crippen molar-refractivity contribution in [2.24, 2.45) is 0 Å². The van der Waals surface area contributed by atoms with Crippen LogP contribution >= 0.6 is 0 Å². The highest BCUT2D eigenvalue weighted by Crippen LogP contribution is 2.25. The first kappa shape index (κ1) is 11.4. The van der Waals surface area contributed by atoms with E-state index in [1.165, 1.54) is 6.33 Å². The molecule has 0 amide bonds. The molecule has 0 saturated carbocycles. The Morgan fingerprint density at radius 2 is 2.06 bits per heavy atom. The summed E-state index contributed by atoms with van der Waals surface area (Å²) in [5, 5.41) is 0. The second-order valence-corrected chi connectivity index (χ2v) is 3.74. The maximum Gasteiger partial charge on any atom is 0.222 e. The average Bonchev–Trinajstić information content (AvgIpc) is 2.33. The summed E-state index contributed by atoms with van der Waals surface area (Å²) in [5.74, 6) is 1.15. The molecule has 1 aromatic carbocycles. The van der Waals surface area contributed by atoms with Gasteiger partial charge in [0.05, 0.1) is 5.69 Å². The summed E-state index contributed by atoms with van der Waals surface area (Å²) in [5.41, 5.74) is 7.38. The van der Waals surface area contributed by atoms with Gasteiger partial charge in [-0.25, -0.2) is 9.97 Å². The van der Waals surface area contributed by atoms with Gasteiger partial charge in [-0.3, -0.25) is 0 Å². The van der Waals surface area contributed by atoms with Gasteiger partial charge < -0.3 is 10.5 Å². The van der Waals surface area contributed by atoms with E-state index in [-0.39, 0.29) is 0 Å². The number of nitrogen functional groups attached to an aromatic ring is 1. The molecular formula is C13H15N3O. The highest BCUT2D eigenvalue weighted by Gasteiger charge is 2.03. The molecule has 0 atom stereocenters.